The van der Waals surface area contributed by atoms with Crippen LogP contribution in [0.15, 0.2) is 59.5 Å². The van der Waals surface area contributed by atoms with E-state index in [1.807, 2.05) is 36.1 Å². The van der Waals surface area contributed by atoms with Crippen molar-refractivity contribution in [1.29, 1.82) is 5.26 Å². The van der Waals surface area contributed by atoms with Gasteiger partial charge in [-0.2, -0.15) is 5.26 Å². The average Bonchev–Trinajstić information content (AvgIpc) is 2.74. The first kappa shape index (κ1) is 22.0. The maximum absolute atomic E-state index is 13.0. The van der Waals surface area contributed by atoms with E-state index in [2.05, 4.69) is 21.8 Å². The van der Waals surface area contributed by atoms with E-state index >= 15 is 0 Å². The van der Waals surface area contributed by atoms with Crippen LogP contribution in [-0.2, 0) is 16.6 Å². The fourth-order valence-corrected chi connectivity index (χ4v) is 4.62. The van der Waals surface area contributed by atoms with E-state index in [-0.39, 0.29) is 29.8 Å². The standard InChI is InChI=1S/C22H26N4O3S/c1-18-16-25(17-19-6-3-2-4-7-19)14-15-26(18)22(27)20-8-10-21(11-9-20)30(28,29)24-13-5-12-23/h2-4,6-11,18,24H,5,13-17H2,1H3. The molecule has 0 aromatic heterocycles. The monoisotopic (exact) mass is 426 g/mol. The van der Waals surface area contributed by atoms with Gasteiger partial charge in [-0.1, -0.05) is 30.3 Å². The molecule has 2 aromatic rings. The fourth-order valence-electron chi connectivity index (χ4n) is 3.59. The molecule has 3 rings (SSSR count). The molecule has 1 N–H and O–H groups in total. The molecule has 158 valence electrons. The van der Waals surface area contributed by atoms with Gasteiger partial charge in [0.2, 0.25) is 10.0 Å². The number of nitrogens with zero attached hydrogens (tertiary/aromatic N) is 3. The smallest absolute Gasteiger partial charge is 0.254 e. The fraction of sp³-hybridized carbons (Fsp3) is 0.364. The van der Waals surface area contributed by atoms with Crippen molar-refractivity contribution in [2.24, 2.45) is 0 Å². The first-order valence-corrected chi connectivity index (χ1v) is 11.4. The summed E-state index contributed by atoms with van der Waals surface area (Å²) >= 11 is 0. The lowest BCUT2D eigenvalue weighted by molar-refractivity contribution is 0.0475. The van der Waals surface area contributed by atoms with E-state index in [9.17, 15) is 13.2 Å². The van der Waals surface area contributed by atoms with Gasteiger partial charge in [-0.25, -0.2) is 13.1 Å². The van der Waals surface area contributed by atoms with Gasteiger partial charge in [0.25, 0.3) is 5.91 Å². The van der Waals surface area contributed by atoms with Gasteiger partial charge in [-0.05, 0) is 36.8 Å². The average molecular weight is 427 g/mol. The molecule has 0 aliphatic carbocycles. The van der Waals surface area contributed by atoms with Crippen molar-refractivity contribution in [3.05, 3.63) is 65.7 Å². The lowest BCUT2D eigenvalue weighted by Crippen LogP contribution is -2.53. The van der Waals surface area contributed by atoms with Gasteiger partial charge in [0, 0.05) is 50.7 Å². The van der Waals surface area contributed by atoms with Crippen LogP contribution in [0.5, 0.6) is 0 Å². The van der Waals surface area contributed by atoms with Gasteiger partial charge in [0.1, 0.15) is 0 Å². The molecular weight excluding hydrogens is 400 g/mol. The summed E-state index contributed by atoms with van der Waals surface area (Å²) in [6.07, 6.45) is 0.101. The number of carbonyl (C=O) groups excluding carboxylic acids is 1. The molecule has 0 saturated carbocycles. The van der Waals surface area contributed by atoms with Crippen LogP contribution in [0, 0.1) is 11.3 Å². The molecular formula is C22H26N4O3S. The van der Waals surface area contributed by atoms with Crippen molar-refractivity contribution in [2.45, 2.75) is 30.8 Å². The third-order valence-corrected chi connectivity index (χ3v) is 6.64. The van der Waals surface area contributed by atoms with Crippen molar-refractivity contribution in [1.82, 2.24) is 14.5 Å². The molecule has 7 nitrogen and oxygen atoms in total. The van der Waals surface area contributed by atoms with E-state index in [0.29, 0.717) is 12.1 Å². The Labute approximate surface area is 178 Å². The van der Waals surface area contributed by atoms with Crippen LogP contribution >= 0.6 is 0 Å². The van der Waals surface area contributed by atoms with Crippen molar-refractivity contribution >= 4 is 15.9 Å². The van der Waals surface area contributed by atoms with Crippen molar-refractivity contribution in [2.75, 3.05) is 26.2 Å². The SMILES string of the molecule is CC1CN(Cc2ccccc2)CCN1C(=O)c1ccc(S(=O)(=O)NCCC#N)cc1. The Morgan fingerprint density at radius 3 is 2.47 bits per heavy atom. The van der Waals surface area contributed by atoms with E-state index in [0.717, 1.165) is 19.6 Å². The van der Waals surface area contributed by atoms with Crippen molar-refractivity contribution in [3.8, 4) is 6.07 Å². The van der Waals surface area contributed by atoms with E-state index < -0.39 is 10.0 Å². The summed E-state index contributed by atoms with van der Waals surface area (Å²) in [5, 5.41) is 8.54. The first-order chi connectivity index (χ1) is 14.4. The highest BCUT2D eigenvalue weighted by Gasteiger charge is 2.28. The Bertz CT molecular complexity index is 1000. The molecule has 1 aliphatic rings. The Morgan fingerprint density at radius 2 is 1.83 bits per heavy atom. The number of hydrogen-bond acceptors (Lipinski definition) is 5. The summed E-state index contributed by atoms with van der Waals surface area (Å²) in [6.45, 7) is 5.16. The maximum Gasteiger partial charge on any atom is 0.254 e. The minimum absolute atomic E-state index is 0.0598. The van der Waals surface area contributed by atoms with Gasteiger partial charge in [0.05, 0.1) is 11.0 Å². The number of rotatable bonds is 7. The first-order valence-electron chi connectivity index (χ1n) is 9.94. The van der Waals surface area contributed by atoms with Crippen LogP contribution in [0.3, 0.4) is 0 Å². The molecule has 30 heavy (non-hydrogen) atoms. The number of sulfonamides is 1. The lowest BCUT2D eigenvalue weighted by Gasteiger charge is -2.40. The minimum Gasteiger partial charge on any atom is -0.333 e. The summed E-state index contributed by atoms with van der Waals surface area (Å²) in [5.74, 6) is -0.0942. The normalized spacial score (nSPS) is 17.5. The van der Waals surface area contributed by atoms with Crippen LogP contribution in [-0.4, -0.2) is 56.3 Å². The molecule has 8 heteroatoms. The summed E-state index contributed by atoms with van der Waals surface area (Å²) in [5.41, 5.74) is 1.72. The van der Waals surface area contributed by atoms with E-state index in [4.69, 9.17) is 5.26 Å². The molecule has 1 atom stereocenters. The molecule has 1 amide bonds. The second-order valence-electron chi connectivity index (χ2n) is 7.40. The Kier molecular flexibility index (Phi) is 7.21. The Hall–Kier alpha value is -2.73. The summed E-state index contributed by atoms with van der Waals surface area (Å²) in [4.78, 5) is 17.2. The number of carbonyl (C=O) groups is 1. The predicted molar refractivity (Wildman–Crippen MR) is 114 cm³/mol. The number of benzene rings is 2. The summed E-state index contributed by atoms with van der Waals surface area (Å²) in [7, 11) is -3.68. The van der Waals surface area contributed by atoms with Gasteiger partial charge in [-0.3, -0.25) is 9.69 Å². The van der Waals surface area contributed by atoms with E-state index in [1.165, 1.54) is 17.7 Å². The van der Waals surface area contributed by atoms with Gasteiger partial charge in [-0.15, -0.1) is 0 Å². The topological polar surface area (TPSA) is 93.5 Å². The highest BCUT2D eigenvalue weighted by atomic mass is 32.2. The number of nitrogens with one attached hydrogen (secondary N) is 1. The molecule has 1 saturated heterocycles. The molecule has 0 radical (unpaired) electrons. The lowest BCUT2D eigenvalue weighted by atomic mass is 10.1. The van der Waals surface area contributed by atoms with Crippen molar-refractivity contribution in [3.63, 3.8) is 0 Å². The molecule has 1 fully saturated rings. The minimum atomic E-state index is -3.68. The van der Waals surface area contributed by atoms with Crippen LogP contribution < -0.4 is 4.72 Å². The third kappa shape index (κ3) is 5.45. The molecule has 0 bridgehead atoms. The Balaban J connectivity index is 1.61. The highest BCUT2D eigenvalue weighted by molar-refractivity contribution is 7.89. The van der Waals surface area contributed by atoms with Crippen LogP contribution in [0.25, 0.3) is 0 Å². The third-order valence-electron chi connectivity index (χ3n) is 5.16. The summed E-state index contributed by atoms with van der Waals surface area (Å²) < 4.78 is 26.8. The van der Waals surface area contributed by atoms with Gasteiger partial charge < -0.3 is 4.90 Å². The zero-order chi connectivity index (χ0) is 21.6. The predicted octanol–water partition coefficient (Wildman–Crippen LogP) is 2.23. The molecule has 2 aromatic carbocycles. The van der Waals surface area contributed by atoms with Gasteiger partial charge in [0.15, 0.2) is 0 Å². The number of nitriles is 1. The van der Waals surface area contributed by atoms with Crippen LogP contribution in [0.4, 0.5) is 0 Å². The molecule has 1 aliphatic heterocycles. The Morgan fingerprint density at radius 1 is 1.13 bits per heavy atom. The van der Waals surface area contributed by atoms with Crippen LogP contribution in [0.1, 0.15) is 29.3 Å². The highest BCUT2D eigenvalue weighted by Crippen LogP contribution is 2.18. The van der Waals surface area contributed by atoms with Crippen LogP contribution in [0.2, 0.25) is 0 Å². The zero-order valence-electron chi connectivity index (χ0n) is 17.0. The van der Waals surface area contributed by atoms with Crippen molar-refractivity contribution < 1.29 is 13.2 Å². The zero-order valence-corrected chi connectivity index (χ0v) is 17.8. The number of piperazine rings is 1. The number of hydrogen-bond donors (Lipinski definition) is 1. The molecule has 1 unspecified atom stereocenters. The molecule has 1 heterocycles. The van der Waals surface area contributed by atoms with E-state index in [1.54, 1.807) is 12.1 Å². The quantitative estimate of drug-likeness (QED) is 0.685. The summed E-state index contributed by atoms with van der Waals surface area (Å²) in [6, 6.07) is 18.2. The second kappa shape index (κ2) is 9.85. The second-order valence-corrected chi connectivity index (χ2v) is 9.17. The van der Waals surface area contributed by atoms with Gasteiger partial charge >= 0.3 is 0 Å². The largest absolute Gasteiger partial charge is 0.333 e. The molecule has 0 spiro atoms. The maximum atomic E-state index is 13.0. The number of amides is 1.